The molecular formula is C20H20N4O2S. The van der Waals surface area contributed by atoms with Crippen LogP contribution in [0.3, 0.4) is 0 Å². The third-order valence-corrected chi connectivity index (χ3v) is 5.52. The molecule has 1 saturated heterocycles. The SMILES string of the molecule is O=c1c(NCc2ccccn2)c(Nc2cccc(N3CCSCC3)c2)c1=O. The highest BCUT2D eigenvalue weighted by Gasteiger charge is 2.21. The van der Waals surface area contributed by atoms with Gasteiger partial charge in [0.1, 0.15) is 11.4 Å². The molecule has 0 atom stereocenters. The van der Waals surface area contributed by atoms with Crippen molar-refractivity contribution in [3.05, 3.63) is 74.8 Å². The molecule has 2 heterocycles. The van der Waals surface area contributed by atoms with Gasteiger partial charge in [0.05, 0.1) is 12.2 Å². The minimum atomic E-state index is -0.488. The van der Waals surface area contributed by atoms with Gasteiger partial charge in [0.15, 0.2) is 0 Å². The van der Waals surface area contributed by atoms with Crippen LogP contribution in [0.2, 0.25) is 0 Å². The highest BCUT2D eigenvalue weighted by molar-refractivity contribution is 7.99. The molecule has 1 aromatic heterocycles. The standard InChI is InChI=1S/C20H20N4O2S/c25-19-17(22-13-15-4-1-2-7-21-15)18(20(19)26)23-14-5-3-6-16(12-14)24-8-10-27-11-9-24/h1-7,12,22-23H,8-11,13H2. The van der Waals surface area contributed by atoms with E-state index in [4.69, 9.17) is 0 Å². The van der Waals surface area contributed by atoms with Gasteiger partial charge < -0.3 is 15.5 Å². The Bertz CT molecular complexity index is 993. The third kappa shape index (κ3) is 3.83. The van der Waals surface area contributed by atoms with E-state index in [1.807, 2.05) is 48.2 Å². The molecule has 2 aromatic carbocycles. The van der Waals surface area contributed by atoms with E-state index in [0.717, 1.165) is 41.7 Å². The topological polar surface area (TPSA) is 74.3 Å². The maximum atomic E-state index is 12.0. The summed E-state index contributed by atoms with van der Waals surface area (Å²) in [4.78, 5) is 30.5. The van der Waals surface area contributed by atoms with E-state index >= 15 is 0 Å². The van der Waals surface area contributed by atoms with Gasteiger partial charge >= 0.3 is 0 Å². The highest BCUT2D eigenvalue weighted by atomic mass is 32.2. The molecule has 138 valence electrons. The Hall–Kier alpha value is -2.80. The maximum Gasteiger partial charge on any atom is 0.253 e. The molecule has 0 radical (unpaired) electrons. The lowest BCUT2D eigenvalue weighted by atomic mass is 10.1. The second-order valence-corrected chi connectivity index (χ2v) is 7.58. The van der Waals surface area contributed by atoms with Gasteiger partial charge in [-0.05, 0) is 30.3 Å². The largest absolute Gasteiger partial charge is 0.374 e. The van der Waals surface area contributed by atoms with Gasteiger partial charge in [0.25, 0.3) is 10.9 Å². The normalized spacial score (nSPS) is 14.3. The van der Waals surface area contributed by atoms with E-state index in [1.165, 1.54) is 0 Å². The highest BCUT2D eigenvalue weighted by Crippen LogP contribution is 2.26. The molecule has 2 N–H and O–H groups in total. The van der Waals surface area contributed by atoms with Crippen LogP contribution in [0.5, 0.6) is 0 Å². The zero-order valence-electron chi connectivity index (χ0n) is 14.8. The van der Waals surface area contributed by atoms with Crippen molar-refractivity contribution in [3.63, 3.8) is 0 Å². The second-order valence-electron chi connectivity index (χ2n) is 6.36. The molecule has 7 heteroatoms. The van der Waals surface area contributed by atoms with Crippen molar-refractivity contribution in [1.82, 2.24) is 4.98 Å². The molecule has 4 rings (SSSR count). The number of nitrogens with one attached hydrogen (secondary N) is 2. The van der Waals surface area contributed by atoms with Crippen molar-refractivity contribution < 1.29 is 0 Å². The number of aromatic nitrogens is 1. The molecular weight excluding hydrogens is 360 g/mol. The van der Waals surface area contributed by atoms with Gasteiger partial charge in [-0.1, -0.05) is 12.1 Å². The van der Waals surface area contributed by atoms with Crippen LogP contribution in [0.15, 0.2) is 58.3 Å². The maximum absolute atomic E-state index is 12.0. The van der Waals surface area contributed by atoms with Crippen molar-refractivity contribution >= 4 is 34.5 Å². The summed E-state index contributed by atoms with van der Waals surface area (Å²) in [5, 5.41) is 6.15. The van der Waals surface area contributed by atoms with E-state index in [2.05, 4.69) is 26.6 Å². The molecule has 3 aromatic rings. The van der Waals surface area contributed by atoms with Crippen LogP contribution >= 0.6 is 11.8 Å². The van der Waals surface area contributed by atoms with E-state index in [0.29, 0.717) is 17.9 Å². The summed E-state index contributed by atoms with van der Waals surface area (Å²) in [5.41, 5.74) is 2.41. The predicted octanol–water partition coefficient (Wildman–Crippen LogP) is 2.59. The molecule has 0 bridgehead atoms. The molecule has 0 amide bonds. The van der Waals surface area contributed by atoms with Crippen LogP contribution < -0.4 is 26.4 Å². The van der Waals surface area contributed by atoms with Gasteiger partial charge in [0, 0.05) is 42.2 Å². The van der Waals surface area contributed by atoms with Crippen LogP contribution in [-0.2, 0) is 6.54 Å². The number of benzene rings is 1. The third-order valence-electron chi connectivity index (χ3n) is 4.57. The number of rotatable bonds is 6. The molecule has 0 aliphatic carbocycles. The zero-order chi connectivity index (χ0) is 18.6. The number of anilines is 4. The van der Waals surface area contributed by atoms with E-state index in [-0.39, 0.29) is 0 Å². The number of hydrogen-bond donors (Lipinski definition) is 2. The first kappa shape index (κ1) is 17.6. The van der Waals surface area contributed by atoms with Gasteiger partial charge in [-0.3, -0.25) is 14.6 Å². The lowest BCUT2D eigenvalue weighted by Crippen LogP contribution is -2.36. The summed E-state index contributed by atoms with van der Waals surface area (Å²) in [6.45, 7) is 2.43. The van der Waals surface area contributed by atoms with Crippen LogP contribution in [0.25, 0.3) is 0 Å². The molecule has 1 fully saturated rings. The van der Waals surface area contributed by atoms with Gasteiger partial charge in [0.2, 0.25) is 0 Å². The molecule has 0 unspecified atom stereocenters. The molecule has 1 aliphatic heterocycles. The van der Waals surface area contributed by atoms with Crippen LogP contribution in [0.4, 0.5) is 22.7 Å². The lowest BCUT2D eigenvalue weighted by molar-refractivity contribution is 0.859. The average Bonchev–Trinajstić information content (AvgIpc) is 2.74. The number of hydrogen-bond acceptors (Lipinski definition) is 7. The Labute approximate surface area is 161 Å². The summed E-state index contributed by atoms with van der Waals surface area (Å²) >= 11 is 1.97. The van der Waals surface area contributed by atoms with Gasteiger partial charge in [-0.25, -0.2) is 0 Å². The van der Waals surface area contributed by atoms with Gasteiger partial charge in [-0.15, -0.1) is 0 Å². The Morgan fingerprint density at radius 3 is 2.59 bits per heavy atom. The Kier molecular flexibility index (Phi) is 5.11. The van der Waals surface area contributed by atoms with E-state index < -0.39 is 10.9 Å². The van der Waals surface area contributed by atoms with Crippen molar-refractivity contribution in [2.75, 3.05) is 40.1 Å². The molecule has 27 heavy (non-hydrogen) atoms. The van der Waals surface area contributed by atoms with Crippen molar-refractivity contribution in [3.8, 4) is 0 Å². The quantitative estimate of drug-likeness (QED) is 0.637. The second kappa shape index (κ2) is 7.84. The summed E-state index contributed by atoms with van der Waals surface area (Å²) in [6, 6.07) is 13.6. The number of nitrogens with zero attached hydrogens (tertiary/aromatic N) is 2. The Morgan fingerprint density at radius 2 is 1.81 bits per heavy atom. The minimum Gasteiger partial charge on any atom is -0.374 e. The fourth-order valence-electron chi connectivity index (χ4n) is 3.11. The summed E-state index contributed by atoms with van der Waals surface area (Å²) in [6.07, 6.45) is 1.70. The molecule has 0 spiro atoms. The van der Waals surface area contributed by atoms with Crippen molar-refractivity contribution in [1.29, 1.82) is 0 Å². The first-order valence-electron chi connectivity index (χ1n) is 8.89. The predicted molar refractivity (Wildman–Crippen MR) is 112 cm³/mol. The summed E-state index contributed by atoms with van der Waals surface area (Å²) in [5.74, 6) is 2.24. The molecule has 1 aliphatic rings. The van der Waals surface area contributed by atoms with Crippen LogP contribution in [-0.4, -0.2) is 29.6 Å². The lowest BCUT2D eigenvalue weighted by Gasteiger charge is -2.29. The van der Waals surface area contributed by atoms with Crippen molar-refractivity contribution in [2.24, 2.45) is 0 Å². The summed E-state index contributed by atoms with van der Waals surface area (Å²) in [7, 11) is 0. The Balaban J connectivity index is 1.49. The molecule has 6 nitrogen and oxygen atoms in total. The minimum absolute atomic E-state index is 0.322. The van der Waals surface area contributed by atoms with Crippen molar-refractivity contribution in [2.45, 2.75) is 6.54 Å². The van der Waals surface area contributed by atoms with Crippen LogP contribution in [0.1, 0.15) is 5.69 Å². The van der Waals surface area contributed by atoms with E-state index in [9.17, 15) is 9.59 Å². The van der Waals surface area contributed by atoms with E-state index in [1.54, 1.807) is 6.20 Å². The first-order valence-corrected chi connectivity index (χ1v) is 10.0. The summed E-state index contributed by atoms with van der Waals surface area (Å²) < 4.78 is 0. The fourth-order valence-corrected chi connectivity index (χ4v) is 4.01. The number of pyridine rings is 1. The molecule has 0 saturated carbocycles. The first-order chi connectivity index (χ1) is 13.2. The van der Waals surface area contributed by atoms with Gasteiger partial charge in [-0.2, -0.15) is 11.8 Å². The number of thioether (sulfide) groups is 1. The average molecular weight is 380 g/mol. The smallest absolute Gasteiger partial charge is 0.253 e. The Morgan fingerprint density at radius 1 is 1.00 bits per heavy atom. The zero-order valence-corrected chi connectivity index (χ0v) is 15.6. The monoisotopic (exact) mass is 380 g/mol. The van der Waals surface area contributed by atoms with Crippen LogP contribution in [0, 0.1) is 0 Å². The fraction of sp³-hybridized carbons (Fsp3) is 0.250.